The number of nitriles is 1. The van der Waals surface area contributed by atoms with Gasteiger partial charge in [-0.05, 0) is 29.8 Å². The molecule has 1 heterocycles. The lowest BCUT2D eigenvalue weighted by atomic mass is 10.1. The van der Waals surface area contributed by atoms with Gasteiger partial charge in [0.1, 0.15) is 18.5 Å². The first-order chi connectivity index (χ1) is 11.2. The quantitative estimate of drug-likeness (QED) is 0.944. The number of fused-ring (bicyclic) bond motifs is 1. The van der Waals surface area contributed by atoms with E-state index in [0.717, 1.165) is 0 Å². The van der Waals surface area contributed by atoms with Crippen molar-refractivity contribution in [1.29, 1.82) is 5.26 Å². The van der Waals surface area contributed by atoms with Crippen molar-refractivity contribution in [3.63, 3.8) is 0 Å². The minimum Gasteiger partial charge on any atom is -0.485 e. The lowest BCUT2D eigenvalue weighted by molar-refractivity contribution is -0.130. The molecule has 0 bridgehead atoms. The van der Waals surface area contributed by atoms with Crippen LogP contribution >= 0.6 is 0 Å². The van der Waals surface area contributed by atoms with Crippen LogP contribution in [0, 0.1) is 17.1 Å². The first-order valence-corrected chi connectivity index (χ1v) is 7.01. The van der Waals surface area contributed by atoms with Crippen molar-refractivity contribution in [2.24, 2.45) is 0 Å². The van der Waals surface area contributed by atoms with Crippen molar-refractivity contribution in [3.05, 3.63) is 59.9 Å². The highest BCUT2D eigenvalue weighted by atomic mass is 19.1. The molecule has 1 amide bonds. The highest BCUT2D eigenvalue weighted by Crippen LogP contribution is 2.31. The van der Waals surface area contributed by atoms with Gasteiger partial charge in [-0.3, -0.25) is 4.79 Å². The summed E-state index contributed by atoms with van der Waals surface area (Å²) in [6.07, 6.45) is -0.846. The number of hydrogen-bond acceptors (Lipinski definition) is 4. The van der Waals surface area contributed by atoms with Crippen molar-refractivity contribution >= 4 is 5.91 Å². The minimum absolute atomic E-state index is 0.0599. The van der Waals surface area contributed by atoms with Crippen LogP contribution in [0.15, 0.2) is 48.5 Å². The van der Waals surface area contributed by atoms with E-state index in [9.17, 15) is 14.4 Å². The second-order valence-corrected chi connectivity index (χ2v) is 4.99. The third kappa shape index (κ3) is 3.24. The Labute approximate surface area is 132 Å². The summed E-state index contributed by atoms with van der Waals surface area (Å²) >= 11 is 0. The maximum atomic E-state index is 12.9. The minimum atomic E-state index is -0.885. The van der Waals surface area contributed by atoms with Crippen molar-refractivity contribution in [2.75, 3.05) is 6.61 Å². The van der Waals surface area contributed by atoms with Gasteiger partial charge in [-0.15, -0.1) is 0 Å². The number of hydrogen-bond donors (Lipinski definition) is 1. The van der Waals surface area contributed by atoms with Crippen molar-refractivity contribution in [1.82, 2.24) is 5.32 Å². The van der Waals surface area contributed by atoms with Gasteiger partial charge in [0.15, 0.2) is 11.5 Å². The molecule has 1 aliphatic rings. The highest BCUT2D eigenvalue weighted by molar-refractivity contribution is 5.82. The first-order valence-electron chi connectivity index (χ1n) is 7.01. The van der Waals surface area contributed by atoms with Gasteiger partial charge in [0.25, 0.3) is 5.91 Å². The van der Waals surface area contributed by atoms with Crippen LogP contribution in [-0.2, 0) is 4.79 Å². The molecule has 2 aromatic carbocycles. The zero-order chi connectivity index (χ0) is 16.2. The van der Waals surface area contributed by atoms with Gasteiger partial charge < -0.3 is 14.8 Å². The van der Waals surface area contributed by atoms with Crippen LogP contribution in [0.2, 0.25) is 0 Å². The van der Waals surface area contributed by atoms with Crippen LogP contribution in [-0.4, -0.2) is 18.6 Å². The Morgan fingerprint density at radius 3 is 2.61 bits per heavy atom. The smallest absolute Gasteiger partial charge is 0.265 e. The molecule has 0 aliphatic carbocycles. The summed E-state index contributed by atoms with van der Waals surface area (Å²) in [5, 5.41) is 11.8. The fourth-order valence-corrected chi connectivity index (χ4v) is 2.23. The number of halogens is 1. The van der Waals surface area contributed by atoms with Crippen LogP contribution in [0.1, 0.15) is 11.6 Å². The number of nitrogens with one attached hydrogen (secondary N) is 1. The van der Waals surface area contributed by atoms with Gasteiger partial charge >= 0.3 is 0 Å². The zero-order valence-electron chi connectivity index (χ0n) is 12.0. The van der Waals surface area contributed by atoms with Gasteiger partial charge in [0.05, 0.1) is 6.07 Å². The highest BCUT2D eigenvalue weighted by Gasteiger charge is 2.29. The van der Waals surface area contributed by atoms with Crippen LogP contribution < -0.4 is 14.8 Å². The maximum absolute atomic E-state index is 12.9. The number of amides is 1. The Hall–Kier alpha value is -3.07. The van der Waals surface area contributed by atoms with E-state index in [4.69, 9.17) is 9.47 Å². The van der Waals surface area contributed by atoms with Gasteiger partial charge in [-0.2, -0.15) is 5.26 Å². The third-order valence-corrected chi connectivity index (χ3v) is 3.42. The standard InChI is InChI=1S/C17H13FN2O3/c18-12-7-5-11(6-8-12)13(9-19)20-17(21)16-10-22-14-3-1-2-4-15(14)23-16/h1-8,13,16H,10H2,(H,20,21)/t13-,16+/m1/s1. The van der Waals surface area contributed by atoms with E-state index in [-0.39, 0.29) is 6.61 Å². The zero-order valence-corrected chi connectivity index (χ0v) is 12.0. The first kappa shape index (κ1) is 14.9. The Morgan fingerprint density at radius 1 is 1.22 bits per heavy atom. The molecule has 2 atom stereocenters. The molecule has 116 valence electrons. The van der Waals surface area contributed by atoms with Crippen LogP contribution in [0.25, 0.3) is 0 Å². The second-order valence-electron chi connectivity index (χ2n) is 4.99. The van der Waals surface area contributed by atoms with E-state index in [1.54, 1.807) is 18.2 Å². The molecule has 1 N–H and O–H groups in total. The van der Waals surface area contributed by atoms with Crippen molar-refractivity contribution in [3.8, 4) is 17.6 Å². The third-order valence-electron chi connectivity index (χ3n) is 3.42. The van der Waals surface area contributed by atoms with E-state index < -0.39 is 23.9 Å². The lowest BCUT2D eigenvalue weighted by Gasteiger charge is -2.26. The van der Waals surface area contributed by atoms with E-state index in [2.05, 4.69) is 5.32 Å². The summed E-state index contributed by atoms with van der Waals surface area (Å²) in [7, 11) is 0. The molecule has 0 aromatic heterocycles. The normalized spacial score (nSPS) is 17.0. The fraction of sp³-hybridized carbons (Fsp3) is 0.176. The van der Waals surface area contributed by atoms with Gasteiger partial charge in [-0.25, -0.2) is 4.39 Å². The summed E-state index contributed by atoms with van der Waals surface area (Å²) in [4.78, 5) is 12.3. The van der Waals surface area contributed by atoms with Crippen LogP contribution in [0.5, 0.6) is 11.5 Å². The summed E-state index contributed by atoms with van der Waals surface area (Å²) in [5.41, 5.74) is 0.499. The molecule has 0 fully saturated rings. The second kappa shape index (κ2) is 6.36. The number of nitrogens with zero attached hydrogens (tertiary/aromatic N) is 1. The number of ether oxygens (including phenoxy) is 2. The molecule has 23 heavy (non-hydrogen) atoms. The molecule has 6 heteroatoms. The number of benzene rings is 2. The number of carbonyl (C=O) groups is 1. The SMILES string of the molecule is N#C[C@@H](NC(=O)[C@@H]1COc2ccccc2O1)c1ccc(F)cc1. The number of rotatable bonds is 3. The topological polar surface area (TPSA) is 71.4 Å². The molecular weight excluding hydrogens is 299 g/mol. The van der Waals surface area contributed by atoms with E-state index in [1.807, 2.05) is 12.1 Å². The molecular formula is C17H13FN2O3. The van der Waals surface area contributed by atoms with E-state index in [0.29, 0.717) is 17.1 Å². The Morgan fingerprint density at radius 2 is 1.91 bits per heavy atom. The predicted molar refractivity (Wildman–Crippen MR) is 79.2 cm³/mol. The average molecular weight is 312 g/mol. The van der Waals surface area contributed by atoms with Gasteiger partial charge in [0.2, 0.25) is 6.10 Å². The Kier molecular flexibility index (Phi) is 4.11. The monoisotopic (exact) mass is 312 g/mol. The molecule has 5 nitrogen and oxygen atoms in total. The molecule has 0 radical (unpaired) electrons. The molecule has 0 unspecified atom stereocenters. The van der Waals surface area contributed by atoms with Crippen LogP contribution in [0.3, 0.4) is 0 Å². The number of carbonyl (C=O) groups excluding carboxylic acids is 1. The maximum Gasteiger partial charge on any atom is 0.265 e. The summed E-state index contributed by atoms with van der Waals surface area (Å²) in [6.45, 7) is 0.0599. The molecule has 0 spiro atoms. The largest absolute Gasteiger partial charge is 0.485 e. The average Bonchev–Trinajstić information content (AvgIpc) is 2.60. The lowest BCUT2D eigenvalue weighted by Crippen LogP contribution is -2.45. The summed E-state index contributed by atoms with van der Waals surface area (Å²) in [6, 6.07) is 13.5. The van der Waals surface area contributed by atoms with Gasteiger partial charge in [0, 0.05) is 0 Å². The molecule has 3 rings (SSSR count). The number of para-hydroxylation sites is 2. The van der Waals surface area contributed by atoms with E-state index in [1.165, 1.54) is 24.3 Å². The Bertz CT molecular complexity index is 755. The fourth-order valence-electron chi connectivity index (χ4n) is 2.23. The summed E-state index contributed by atoms with van der Waals surface area (Å²) < 4.78 is 24.0. The van der Waals surface area contributed by atoms with Crippen molar-refractivity contribution < 1.29 is 18.7 Å². The van der Waals surface area contributed by atoms with Gasteiger partial charge in [-0.1, -0.05) is 24.3 Å². The molecule has 0 saturated carbocycles. The van der Waals surface area contributed by atoms with E-state index >= 15 is 0 Å². The Balaban J connectivity index is 1.69. The molecule has 1 aliphatic heterocycles. The molecule has 0 saturated heterocycles. The predicted octanol–water partition coefficient (Wildman–Crippen LogP) is 2.35. The van der Waals surface area contributed by atoms with Crippen LogP contribution in [0.4, 0.5) is 4.39 Å². The summed E-state index contributed by atoms with van der Waals surface area (Å²) in [5.74, 6) is 0.189. The van der Waals surface area contributed by atoms with Crippen molar-refractivity contribution in [2.45, 2.75) is 12.1 Å². The molecule has 2 aromatic rings.